The number of rotatable bonds is 6. The Morgan fingerprint density at radius 1 is 0.528 bits per heavy atom. The van der Waals surface area contributed by atoms with Crippen molar-refractivity contribution in [2.24, 2.45) is 0 Å². The van der Waals surface area contributed by atoms with Crippen LogP contribution in [0.1, 0.15) is 11.1 Å². The van der Waals surface area contributed by atoms with Crippen LogP contribution >= 0.6 is 0 Å². The van der Waals surface area contributed by atoms with Gasteiger partial charge in [-0.1, -0.05) is 24.3 Å². The molecule has 2 aromatic heterocycles. The van der Waals surface area contributed by atoms with Gasteiger partial charge >= 0.3 is 33.6 Å². The number of aromatic hydroxyl groups is 2. The highest BCUT2D eigenvalue weighted by Gasteiger charge is 2.03. The molecule has 2 heterocycles. The van der Waals surface area contributed by atoms with Gasteiger partial charge in [-0.3, -0.25) is 39.3 Å². The van der Waals surface area contributed by atoms with Crippen molar-refractivity contribution in [3.05, 3.63) is 122 Å². The Morgan fingerprint density at radius 3 is 1.19 bits per heavy atom. The van der Waals surface area contributed by atoms with Crippen molar-refractivity contribution in [3.8, 4) is 11.5 Å². The number of hydrogen-bond acceptors (Lipinski definition) is 8. The Bertz CT molecular complexity index is 1540. The molecule has 0 spiro atoms. The summed E-state index contributed by atoms with van der Waals surface area (Å²) in [6, 6.07) is 13.0. The van der Waals surface area contributed by atoms with E-state index >= 15 is 0 Å². The van der Waals surface area contributed by atoms with Gasteiger partial charge in [0, 0.05) is 13.1 Å². The fourth-order valence-corrected chi connectivity index (χ4v) is 3.01. The van der Waals surface area contributed by atoms with Gasteiger partial charge in [-0.15, -0.1) is 0 Å². The van der Waals surface area contributed by atoms with Crippen LogP contribution < -0.4 is 33.6 Å². The average Bonchev–Trinajstić information content (AvgIpc) is 2.84. The molecule has 4 aromatic rings. The number of hydrogen-bond donors (Lipinski definition) is 6. The summed E-state index contributed by atoms with van der Waals surface area (Å²) in [6.07, 6.45) is 0.977. The van der Waals surface area contributed by atoms with Crippen molar-refractivity contribution in [1.29, 1.82) is 0 Å². The van der Waals surface area contributed by atoms with Crippen molar-refractivity contribution in [2.45, 2.75) is 25.9 Å². The molecule has 0 saturated heterocycles. The first-order valence-corrected chi connectivity index (χ1v) is 10.5. The topological polar surface area (TPSA) is 216 Å². The molecule has 0 amide bonds. The molecule has 0 fully saturated rings. The highest BCUT2D eigenvalue weighted by molar-refractivity contribution is 5.26. The fraction of sp³-hybridized carbons (Fsp3) is 0.182. The second-order valence-electron chi connectivity index (χ2n) is 7.54. The highest BCUT2D eigenvalue weighted by Crippen LogP contribution is 2.10. The number of aromatic amines is 4. The zero-order valence-electron chi connectivity index (χ0n) is 18.7. The second-order valence-corrected chi connectivity index (χ2v) is 7.54. The van der Waals surface area contributed by atoms with Crippen LogP contribution in [0.15, 0.2) is 77.3 Å². The number of nitrogens with one attached hydrogen (secondary N) is 4. The number of phenolic OH excluding ortho intramolecular Hbond substituents is 2. The fourth-order valence-electron chi connectivity index (χ4n) is 3.01. The Labute approximate surface area is 199 Å². The number of H-pyrrole nitrogens is 4. The van der Waals surface area contributed by atoms with Gasteiger partial charge in [0.15, 0.2) is 0 Å². The molecule has 188 valence electrons. The summed E-state index contributed by atoms with van der Waals surface area (Å²) >= 11 is 0. The number of benzene rings is 2. The smallest absolute Gasteiger partial charge is 0.343 e. The number of nitrogens with zero attached hydrogens (tertiary/aromatic N) is 2. The number of aryl methyl sites for hydroxylation is 4. The normalized spacial score (nSPS) is 10.4. The molecule has 36 heavy (non-hydrogen) atoms. The lowest BCUT2D eigenvalue weighted by Crippen LogP contribution is -2.43. The standard InChI is InChI=1S/2C11H11N3O4/c2*15-8-3-1-7(2-4-8)5-6-14-11(18)12-9(16)10(17)13-14/h2*1-4,15H,5-6H2,(H,13,17)(H,12,16,18). The van der Waals surface area contributed by atoms with Gasteiger partial charge in [0.2, 0.25) is 0 Å². The molecule has 0 aliphatic rings. The molecular formula is C22H22N6O8. The van der Waals surface area contributed by atoms with E-state index in [0.29, 0.717) is 12.8 Å². The van der Waals surface area contributed by atoms with Crippen LogP contribution in [0, 0.1) is 0 Å². The Balaban J connectivity index is 0.000000201. The van der Waals surface area contributed by atoms with Crippen LogP contribution in [0.25, 0.3) is 0 Å². The lowest BCUT2D eigenvalue weighted by Gasteiger charge is -2.04. The van der Waals surface area contributed by atoms with Gasteiger partial charge in [0.25, 0.3) is 0 Å². The minimum atomic E-state index is -0.958. The Morgan fingerprint density at radius 2 is 0.861 bits per heavy atom. The van der Waals surface area contributed by atoms with Gasteiger partial charge in [0.05, 0.1) is 0 Å². The van der Waals surface area contributed by atoms with Crippen LogP contribution in [0.2, 0.25) is 0 Å². The summed E-state index contributed by atoms with van der Waals surface area (Å²) in [5.74, 6) is 0.321. The van der Waals surface area contributed by atoms with E-state index in [1.807, 2.05) is 9.97 Å². The maximum Gasteiger partial charge on any atom is 0.343 e. The molecule has 0 atom stereocenters. The monoisotopic (exact) mass is 498 g/mol. The summed E-state index contributed by atoms with van der Waals surface area (Å²) in [7, 11) is 0. The van der Waals surface area contributed by atoms with Gasteiger partial charge in [0.1, 0.15) is 11.5 Å². The molecule has 0 aliphatic heterocycles. The first kappa shape index (κ1) is 25.5. The maximum absolute atomic E-state index is 11.4. The van der Waals surface area contributed by atoms with Gasteiger partial charge in [-0.25, -0.2) is 19.0 Å². The molecule has 14 heteroatoms. The van der Waals surface area contributed by atoms with E-state index in [1.54, 1.807) is 24.3 Å². The molecule has 0 aliphatic carbocycles. The molecular weight excluding hydrogens is 476 g/mol. The van der Waals surface area contributed by atoms with Crippen LogP contribution in [-0.4, -0.2) is 39.7 Å². The number of phenols is 2. The summed E-state index contributed by atoms with van der Waals surface area (Å²) in [4.78, 5) is 70.4. The average molecular weight is 498 g/mol. The van der Waals surface area contributed by atoms with E-state index < -0.39 is 33.6 Å². The quantitative estimate of drug-likeness (QED) is 0.169. The van der Waals surface area contributed by atoms with Crippen molar-refractivity contribution >= 4 is 0 Å². The van der Waals surface area contributed by atoms with E-state index in [1.165, 1.54) is 24.3 Å². The highest BCUT2D eigenvalue weighted by atomic mass is 16.3. The Kier molecular flexibility index (Phi) is 8.02. The third-order valence-corrected chi connectivity index (χ3v) is 4.94. The lowest BCUT2D eigenvalue weighted by molar-refractivity contribution is 0.474. The summed E-state index contributed by atoms with van der Waals surface area (Å²) in [5, 5.41) is 22.6. The zero-order valence-corrected chi connectivity index (χ0v) is 18.7. The molecule has 2 aromatic carbocycles. The predicted octanol–water partition coefficient (Wildman–Crippen LogP) is -1.65. The summed E-state index contributed by atoms with van der Waals surface area (Å²) in [6.45, 7) is 0.464. The van der Waals surface area contributed by atoms with Gasteiger partial charge in [-0.05, 0) is 48.2 Å². The largest absolute Gasteiger partial charge is 0.508 e. The third kappa shape index (κ3) is 6.93. The first-order valence-electron chi connectivity index (χ1n) is 10.5. The molecule has 14 nitrogen and oxygen atoms in total. The van der Waals surface area contributed by atoms with Crippen molar-refractivity contribution < 1.29 is 10.2 Å². The maximum atomic E-state index is 11.4. The van der Waals surface area contributed by atoms with E-state index in [-0.39, 0.29) is 24.6 Å². The molecule has 0 unspecified atom stereocenters. The van der Waals surface area contributed by atoms with Crippen molar-refractivity contribution in [2.75, 3.05) is 0 Å². The molecule has 4 rings (SSSR count). The third-order valence-electron chi connectivity index (χ3n) is 4.94. The second kappa shape index (κ2) is 11.3. The van der Waals surface area contributed by atoms with Crippen LogP contribution in [-0.2, 0) is 25.9 Å². The predicted molar refractivity (Wildman–Crippen MR) is 128 cm³/mol. The molecule has 6 N–H and O–H groups in total. The minimum absolute atomic E-state index is 0.161. The minimum Gasteiger partial charge on any atom is -0.508 e. The zero-order chi connectivity index (χ0) is 26.2. The van der Waals surface area contributed by atoms with E-state index in [0.717, 1.165) is 20.5 Å². The van der Waals surface area contributed by atoms with Crippen molar-refractivity contribution in [1.82, 2.24) is 29.5 Å². The van der Waals surface area contributed by atoms with E-state index in [2.05, 4.69) is 10.2 Å². The number of aromatic nitrogens is 6. The lowest BCUT2D eigenvalue weighted by atomic mass is 10.1. The van der Waals surface area contributed by atoms with Crippen LogP contribution in [0.3, 0.4) is 0 Å². The molecule has 0 radical (unpaired) electrons. The van der Waals surface area contributed by atoms with E-state index in [9.17, 15) is 28.8 Å². The van der Waals surface area contributed by atoms with Crippen molar-refractivity contribution in [3.63, 3.8) is 0 Å². The van der Waals surface area contributed by atoms with Gasteiger partial charge in [-0.2, -0.15) is 0 Å². The summed E-state index contributed by atoms with van der Waals surface area (Å²) in [5.41, 5.74) is -3.15. The molecule has 0 saturated carbocycles. The van der Waals surface area contributed by atoms with E-state index in [4.69, 9.17) is 10.2 Å². The van der Waals surface area contributed by atoms with Gasteiger partial charge < -0.3 is 10.2 Å². The summed E-state index contributed by atoms with van der Waals surface area (Å²) < 4.78 is 2.08. The molecule has 0 bridgehead atoms. The van der Waals surface area contributed by atoms with Crippen LogP contribution in [0.4, 0.5) is 0 Å². The SMILES string of the molecule is O=c1[nH]c(=O)n(CCc2ccc(O)cc2)[nH]c1=O.O=c1[nH]c(=O)n(CCc2ccc(O)cc2)[nH]c1=O. The Hall–Kier alpha value is -5.14. The first-order chi connectivity index (χ1) is 17.1. The van der Waals surface area contributed by atoms with Crippen LogP contribution in [0.5, 0.6) is 11.5 Å².